The largest absolute Gasteiger partial charge is 0.444 e. The number of carbonyl (C=O) groups excluding carboxylic acids is 2. The molecule has 168 valence electrons. The zero-order valence-corrected chi connectivity index (χ0v) is 18.7. The fourth-order valence-corrected chi connectivity index (χ4v) is 3.82. The van der Waals surface area contributed by atoms with Crippen LogP contribution < -0.4 is 16.8 Å². The summed E-state index contributed by atoms with van der Waals surface area (Å²) in [6.45, 7) is 10.9. The average molecular weight is 433 g/mol. The molecular formula is C21H29FN6O3. The third-order valence-corrected chi connectivity index (χ3v) is 5.17. The number of benzene rings is 1. The van der Waals surface area contributed by atoms with E-state index in [9.17, 15) is 14.0 Å². The lowest BCUT2D eigenvalue weighted by molar-refractivity contribution is 0.0158. The summed E-state index contributed by atoms with van der Waals surface area (Å²) in [7, 11) is 0. The summed E-state index contributed by atoms with van der Waals surface area (Å²) >= 11 is 0. The Morgan fingerprint density at radius 3 is 2.42 bits per heavy atom. The van der Waals surface area contributed by atoms with Crippen LogP contribution in [-0.2, 0) is 11.2 Å². The summed E-state index contributed by atoms with van der Waals surface area (Å²) in [4.78, 5) is 27.3. The summed E-state index contributed by atoms with van der Waals surface area (Å²) in [5.74, 6) is 4.48. The number of nitrogens with one attached hydrogen (secondary N) is 2. The Hall–Kier alpha value is -2.98. The van der Waals surface area contributed by atoms with Gasteiger partial charge in [-0.15, -0.1) is 0 Å². The van der Waals surface area contributed by atoms with Gasteiger partial charge >= 0.3 is 6.09 Å². The van der Waals surface area contributed by atoms with Crippen molar-refractivity contribution in [3.8, 4) is 5.69 Å². The van der Waals surface area contributed by atoms with Gasteiger partial charge < -0.3 is 9.64 Å². The minimum absolute atomic E-state index is 0.221. The van der Waals surface area contributed by atoms with Gasteiger partial charge in [0, 0.05) is 18.5 Å². The highest BCUT2D eigenvalue weighted by molar-refractivity contribution is 5.95. The normalized spacial score (nSPS) is 16.1. The first-order chi connectivity index (χ1) is 14.4. The molecule has 2 aromatic rings. The first kappa shape index (κ1) is 22.7. The maximum absolute atomic E-state index is 14.2. The van der Waals surface area contributed by atoms with Crippen LogP contribution in [0.15, 0.2) is 12.1 Å². The summed E-state index contributed by atoms with van der Waals surface area (Å²) < 4.78 is 21.2. The van der Waals surface area contributed by atoms with Crippen LogP contribution in [0.3, 0.4) is 0 Å². The van der Waals surface area contributed by atoms with E-state index in [2.05, 4.69) is 16.1 Å². The van der Waals surface area contributed by atoms with E-state index in [1.54, 1.807) is 51.7 Å². The highest BCUT2D eigenvalue weighted by atomic mass is 19.1. The van der Waals surface area contributed by atoms with Gasteiger partial charge in [-0.25, -0.2) is 13.9 Å². The minimum Gasteiger partial charge on any atom is -0.444 e. The van der Waals surface area contributed by atoms with E-state index >= 15 is 0 Å². The molecule has 31 heavy (non-hydrogen) atoms. The van der Waals surface area contributed by atoms with Crippen molar-refractivity contribution >= 4 is 12.0 Å². The third kappa shape index (κ3) is 4.40. The Kier molecular flexibility index (Phi) is 6.06. The van der Waals surface area contributed by atoms with Crippen LogP contribution >= 0.6 is 0 Å². The van der Waals surface area contributed by atoms with E-state index in [-0.39, 0.29) is 11.5 Å². The second-order valence-electron chi connectivity index (χ2n) is 8.71. The van der Waals surface area contributed by atoms with Crippen LogP contribution in [0.2, 0.25) is 0 Å². The summed E-state index contributed by atoms with van der Waals surface area (Å²) in [6, 6.07) is 2.79. The molecule has 2 heterocycles. The SMILES string of the molecule is Cc1cc(-n2nc3c(c2C(=O)NNN)[C@H](C)N(C(=O)OC(C)(C)C)CC3)cc(C)c1F. The molecule has 0 spiro atoms. The predicted octanol–water partition coefficient (Wildman–Crippen LogP) is 2.59. The van der Waals surface area contributed by atoms with Gasteiger partial charge in [-0.1, -0.05) is 0 Å². The van der Waals surface area contributed by atoms with Crippen LogP contribution in [0.1, 0.15) is 66.6 Å². The Bertz CT molecular complexity index is 1000. The molecule has 1 atom stereocenters. The first-order valence-corrected chi connectivity index (χ1v) is 10.1. The van der Waals surface area contributed by atoms with Gasteiger partial charge in [0.1, 0.15) is 17.1 Å². The number of carbonyl (C=O) groups is 2. The summed E-state index contributed by atoms with van der Waals surface area (Å²) in [5, 5.41) is 4.64. The van der Waals surface area contributed by atoms with Gasteiger partial charge in [-0.2, -0.15) is 10.6 Å². The van der Waals surface area contributed by atoms with Crippen molar-refractivity contribution in [2.24, 2.45) is 5.84 Å². The molecule has 9 nitrogen and oxygen atoms in total. The Morgan fingerprint density at radius 1 is 1.26 bits per heavy atom. The fraction of sp³-hybridized carbons (Fsp3) is 0.476. The monoisotopic (exact) mass is 432 g/mol. The molecule has 0 saturated carbocycles. The van der Waals surface area contributed by atoms with E-state index in [0.29, 0.717) is 41.0 Å². The summed E-state index contributed by atoms with van der Waals surface area (Å²) in [6.07, 6.45) is -0.0170. The number of fused-ring (bicyclic) bond motifs is 1. The highest BCUT2D eigenvalue weighted by Crippen LogP contribution is 2.34. The topological polar surface area (TPSA) is 115 Å². The molecule has 0 aliphatic carbocycles. The third-order valence-electron chi connectivity index (χ3n) is 5.17. The van der Waals surface area contributed by atoms with Crippen molar-refractivity contribution in [1.82, 2.24) is 25.6 Å². The number of aryl methyl sites for hydroxylation is 2. The van der Waals surface area contributed by atoms with Gasteiger partial charge in [0.15, 0.2) is 0 Å². The van der Waals surface area contributed by atoms with E-state index in [1.165, 1.54) is 4.68 Å². The molecule has 4 N–H and O–H groups in total. The van der Waals surface area contributed by atoms with Gasteiger partial charge in [0.2, 0.25) is 0 Å². The molecular weight excluding hydrogens is 403 g/mol. The van der Waals surface area contributed by atoms with Crippen molar-refractivity contribution < 1.29 is 18.7 Å². The number of nitrogens with zero attached hydrogens (tertiary/aromatic N) is 3. The van der Waals surface area contributed by atoms with E-state index < -0.39 is 23.6 Å². The molecule has 3 rings (SSSR count). The standard InChI is InChI=1S/C21H29FN6O3/c1-11-9-14(10-12(2)17(11)22)28-18(19(29)24-26-23)16-13(3)27(8-7-15(16)25-28)20(30)31-21(4,5)6/h9-10,13,26H,7-8,23H2,1-6H3,(H,24,29)/t13-/m0/s1. The molecule has 1 aliphatic rings. The molecule has 0 bridgehead atoms. The number of halogens is 1. The Morgan fingerprint density at radius 2 is 1.87 bits per heavy atom. The number of hydrazine groups is 2. The van der Waals surface area contributed by atoms with Crippen LogP contribution in [0, 0.1) is 19.7 Å². The maximum Gasteiger partial charge on any atom is 0.410 e. The smallest absolute Gasteiger partial charge is 0.410 e. The molecule has 1 aromatic carbocycles. The number of rotatable bonds is 3. The van der Waals surface area contributed by atoms with Crippen molar-refractivity contribution in [2.75, 3.05) is 6.54 Å². The average Bonchev–Trinajstić information content (AvgIpc) is 3.05. The number of aromatic nitrogens is 2. The number of ether oxygens (including phenoxy) is 1. The van der Waals surface area contributed by atoms with Gasteiger partial charge in [-0.3, -0.25) is 16.1 Å². The zero-order valence-electron chi connectivity index (χ0n) is 18.7. The van der Waals surface area contributed by atoms with Crippen molar-refractivity contribution in [3.63, 3.8) is 0 Å². The lowest BCUT2D eigenvalue weighted by Crippen LogP contribution is -2.45. The van der Waals surface area contributed by atoms with Crippen LogP contribution in [0.25, 0.3) is 5.69 Å². The number of hydrogen-bond donors (Lipinski definition) is 3. The molecule has 0 unspecified atom stereocenters. The molecule has 1 aromatic heterocycles. The quantitative estimate of drug-likeness (QED) is 0.507. The van der Waals surface area contributed by atoms with Gasteiger partial charge in [0.25, 0.3) is 5.91 Å². The second-order valence-corrected chi connectivity index (χ2v) is 8.71. The second kappa shape index (κ2) is 8.27. The van der Waals surface area contributed by atoms with E-state index in [1.807, 2.05) is 6.92 Å². The number of nitrogens with two attached hydrogens (primary N) is 1. The van der Waals surface area contributed by atoms with Crippen LogP contribution in [0.4, 0.5) is 9.18 Å². The van der Waals surface area contributed by atoms with Crippen molar-refractivity contribution in [3.05, 3.63) is 46.0 Å². The predicted molar refractivity (Wildman–Crippen MR) is 113 cm³/mol. The van der Waals surface area contributed by atoms with E-state index in [4.69, 9.17) is 10.6 Å². The molecule has 10 heteroatoms. The van der Waals surface area contributed by atoms with Crippen molar-refractivity contribution in [1.29, 1.82) is 0 Å². The van der Waals surface area contributed by atoms with Crippen LogP contribution in [0.5, 0.6) is 0 Å². The lowest BCUT2D eigenvalue weighted by atomic mass is 9.97. The highest BCUT2D eigenvalue weighted by Gasteiger charge is 2.37. The summed E-state index contributed by atoms with van der Waals surface area (Å²) in [5.41, 5.74) is 6.81. The molecule has 0 radical (unpaired) electrons. The fourth-order valence-electron chi connectivity index (χ4n) is 3.82. The molecule has 1 aliphatic heterocycles. The number of hydrogen-bond acceptors (Lipinski definition) is 6. The van der Waals surface area contributed by atoms with Gasteiger partial charge in [0.05, 0.1) is 17.4 Å². The number of amides is 2. The Labute approximate surface area is 180 Å². The first-order valence-electron chi connectivity index (χ1n) is 10.1. The Balaban J connectivity index is 2.13. The maximum atomic E-state index is 14.2. The minimum atomic E-state index is -0.645. The molecule has 0 fully saturated rings. The van der Waals surface area contributed by atoms with Crippen LogP contribution in [-0.4, -0.2) is 38.8 Å². The van der Waals surface area contributed by atoms with Gasteiger partial charge in [-0.05, 0) is 64.8 Å². The van der Waals surface area contributed by atoms with Crippen molar-refractivity contribution in [2.45, 2.75) is 59.6 Å². The zero-order chi connectivity index (χ0) is 23.1. The molecule has 0 saturated heterocycles. The molecule has 2 amide bonds. The lowest BCUT2D eigenvalue weighted by Gasteiger charge is -2.34. The van der Waals surface area contributed by atoms with E-state index in [0.717, 1.165) is 0 Å².